The zero-order chi connectivity index (χ0) is 11.7. The fourth-order valence-corrected chi connectivity index (χ4v) is 2.70. The number of hydrazine groups is 1. The molecule has 0 atom stereocenters. The van der Waals surface area contributed by atoms with Gasteiger partial charge in [0.15, 0.2) is 0 Å². The van der Waals surface area contributed by atoms with Gasteiger partial charge in [-0.25, -0.2) is 5.01 Å². The van der Waals surface area contributed by atoms with Crippen molar-refractivity contribution in [2.75, 3.05) is 26.2 Å². The lowest BCUT2D eigenvalue weighted by molar-refractivity contribution is 0.233. The van der Waals surface area contributed by atoms with Crippen LogP contribution in [-0.2, 0) is 19.6 Å². The van der Waals surface area contributed by atoms with Crippen molar-refractivity contribution in [3.63, 3.8) is 0 Å². The molecule has 92 valence electrons. The van der Waals surface area contributed by atoms with Crippen LogP contribution in [-0.4, -0.2) is 36.1 Å². The predicted molar refractivity (Wildman–Crippen MR) is 68.0 cm³/mol. The third-order valence-electron chi connectivity index (χ3n) is 3.63. The Bertz CT molecular complexity index is 398. The SMILES string of the molecule is NN1Cc2ccc(CN3CCNCC3)cc2C1. The molecule has 0 radical (unpaired) electrons. The number of hydrogen-bond donors (Lipinski definition) is 2. The van der Waals surface area contributed by atoms with Gasteiger partial charge in [0, 0.05) is 45.8 Å². The van der Waals surface area contributed by atoms with E-state index < -0.39 is 0 Å². The average Bonchev–Trinajstić information content (AvgIpc) is 2.70. The largest absolute Gasteiger partial charge is 0.314 e. The molecule has 3 rings (SSSR count). The highest BCUT2D eigenvalue weighted by Gasteiger charge is 2.17. The lowest BCUT2D eigenvalue weighted by Gasteiger charge is -2.27. The van der Waals surface area contributed by atoms with E-state index in [-0.39, 0.29) is 0 Å². The zero-order valence-electron chi connectivity index (χ0n) is 10.2. The van der Waals surface area contributed by atoms with E-state index in [0.29, 0.717) is 0 Å². The van der Waals surface area contributed by atoms with Crippen molar-refractivity contribution in [1.29, 1.82) is 0 Å². The first kappa shape index (κ1) is 11.2. The van der Waals surface area contributed by atoms with E-state index in [1.54, 1.807) is 0 Å². The van der Waals surface area contributed by atoms with Crippen LogP contribution in [0.4, 0.5) is 0 Å². The van der Waals surface area contributed by atoms with E-state index in [0.717, 1.165) is 45.8 Å². The highest BCUT2D eigenvalue weighted by Crippen LogP contribution is 2.22. The van der Waals surface area contributed by atoms with E-state index in [1.165, 1.54) is 16.7 Å². The minimum Gasteiger partial charge on any atom is -0.314 e. The fraction of sp³-hybridized carbons (Fsp3) is 0.538. The van der Waals surface area contributed by atoms with Gasteiger partial charge in [-0.3, -0.25) is 10.7 Å². The molecule has 1 aromatic rings. The lowest BCUT2D eigenvalue weighted by Crippen LogP contribution is -2.42. The monoisotopic (exact) mass is 232 g/mol. The van der Waals surface area contributed by atoms with Gasteiger partial charge in [0.05, 0.1) is 0 Å². The molecular formula is C13H20N4. The molecule has 1 aromatic carbocycles. The highest BCUT2D eigenvalue weighted by molar-refractivity contribution is 5.34. The zero-order valence-corrected chi connectivity index (χ0v) is 10.2. The summed E-state index contributed by atoms with van der Waals surface area (Å²) in [5.74, 6) is 5.83. The summed E-state index contributed by atoms with van der Waals surface area (Å²) in [6, 6.07) is 6.81. The van der Waals surface area contributed by atoms with E-state index in [2.05, 4.69) is 28.4 Å². The van der Waals surface area contributed by atoms with Crippen LogP contribution in [0.25, 0.3) is 0 Å². The van der Waals surface area contributed by atoms with Crippen LogP contribution in [0.2, 0.25) is 0 Å². The first-order valence-electron chi connectivity index (χ1n) is 6.35. The Kier molecular flexibility index (Phi) is 3.11. The first-order chi connectivity index (χ1) is 8.31. The van der Waals surface area contributed by atoms with Gasteiger partial charge in [0.2, 0.25) is 0 Å². The molecule has 4 nitrogen and oxygen atoms in total. The maximum absolute atomic E-state index is 5.83. The van der Waals surface area contributed by atoms with Gasteiger partial charge in [0.25, 0.3) is 0 Å². The number of piperazine rings is 1. The van der Waals surface area contributed by atoms with Gasteiger partial charge in [0.1, 0.15) is 0 Å². The van der Waals surface area contributed by atoms with Crippen LogP contribution < -0.4 is 11.2 Å². The summed E-state index contributed by atoms with van der Waals surface area (Å²) in [6.07, 6.45) is 0. The van der Waals surface area contributed by atoms with Crippen LogP contribution in [0, 0.1) is 0 Å². The molecule has 0 unspecified atom stereocenters. The van der Waals surface area contributed by atoms with Crippen molar-refractivity contribution in [2.45, 2.75) is 19.6 Å². The van der Waals surface area contributed by atoms with Gasteiger partial charge in [-0.2, -0.15) is 0 Å². The van der Waals surface area contributed by atoms with Crippen molar-refractivity contribution in [3.05, 3.63) is 34.9 Å². The Morgan fingerprint density at radius 1 is 1.12 bits per heavy atom. The van der Waals surface area contributed by atoms with E-state index in [1.807, 2.05) is 5.01 Å². The molecule has 1 fully saturated rings. The molecule has 0 aromatic heterocycles. The Hall–Kier alpha value is -0.940. The summed E-state index contributed by atoms with van der Waals surface area (Å²) in [6.45, 7) is 7.39. The standard InChI is InChI=1S/C13H20N4/c14-17-9-12-2-1-11(7-13(12)10-17)8-16-5-3-15-4-6-16/h1-2,7,15H,3-6,8-10,14H2. The second-order valence-electron chi connectivity index (χ2n) is 5.03. The van der Waals surface area contributed by atoms with Crippen molar-refractivity contribution < 1.29 is 0 Å². The molecular weight excluding hydrogens is 212 g/mol. The number of nitrogens with zero attached hydrogens (tertiary/aromatic N) is 2. The molecule has 0 spiro atoms. The van der Waals surface area contributed by atoms with Crippen LogP contribution in [0.1, 0.15) is 16.7 Å². The van der Waals surface area contributed by atoms with Gasteiger partial charge >= 0.3 is 0 Å². The summed E-state index contributed by atoms with van der Waals surface area (Å²) in [5.41, 5.74) is 4.21. The quantitative estimate of drug-likeness (QED) is 0.719. The summed E-state index contributed by atoms with van der Waals surface area (Å²) < 4.78 is 0. The summed E-state index contributed by atoms with van der Waals surface area (Å²) in [4.78, 5) is 2.51. The van der Waals surface area contributed by atoms with Gasteiger partial charge in [-0.15, -0.1) is 0 Å². The number of rotatable bonds is 2. The van der Waals surface area contributed by atoms with Gasteiger partial charge < -0.3 is 5.32 Å². The molecule has 17 heavy (non-hydrogen) atoms. The average molecular weight is 232 g/mol. The Balaban J connectivity index is 1.69. The Labute approximate surface area is 102 Å². The molecule has 0 aliphatic carbocycles. The van der Waals surface area contributed by atoms with Crippen LogP contribution in [0.15, 0.2) is 18.2 Å². The van der Waals surface area contributed by atoms with Crippen LogP contribution >= 0.6 is 0 Å². The number of benzene rings is 1. The third-order valence-corrected chi connectivity index (χ3v) is 3.63. The fourth-order valence-electron chi connectivity index (χ4n) is 2.70. The van der Waals surface area contributed by atoms with Crippen molar-refractivity contribution in [1.82, 2.24) is 15.2 Å². The molecule has 0 bridgehead atoms. The first-order valence-corrected chi connectivity index (χ1v) is 6.35. The minimum absolute atomic E-state index is 0.892. The summed E-state index contributed by atoms with van der Waals surface area (Å²) in [7, 11) is 0. The highest BCUT2D eigenvalue weighted by atomic mass is 15.4. The normalized spacial score (nSPS) is 21.7. The van der Waals surface area contributed by atoms with E-state index in [4.69, 9.17) is 5.84 Å². The third kappa shape index (κ3) is 2.50. The molecule has 2 aliphatic rings. The molecule has 1 saturated heterocycles. The van der Waals surface area contributed by atoms with E-state index in [9.17, 15) is 0 Å². The lowest BCUT2D eigenvalue weighted by atomic mass is 10.1. The molecule has 3 N–H and O–H groups in total. The number of nitrogens with two attached hydrogens (primary N) is 1. The molecule has 2 heterocycles. The van der Waals surface area contributed by atoms with Gasteiger partial charge in [-0.1, -0.05) is 18.2 Å². The van der Waals surface area contributed by atoms with Crippen LogP contribution in [0.3, 0.4) is 0 Å². The van der Waals surface area contributed by atoms with Crippen LogP contribution in [0.5, 0.6) is 0 Å². The van der Waals surface area contributed by atoms with E-state index >= 15 is 0 Å². The van der Waals surface area contributed by atoms with Crippen molar-refractivity contribution in [3.8, 4) is 0 Å². The second kappa shape index (κ2) is 4.74. The van der Waals surface area contributed by atoms with Gasteiger partial charge in [-0.05, 0) is 16.7 Å². The maximum atomic E-state index is 5.83. The number of nitrogens with one attached hydrogen (secondary N) is 1. The second-order valence-corrected chi connectivity index (χ2v) is 5.03. The Morgan fingerprint density at radius 3 is 2.71 bits per heavy atom. The minimum atomic E-state index is 0.892. The maximum Gasteiger partial charge on any atom is 0.0386 e. The van der Waals surface area contributed by atoms with Crippen molar-refractivity contribution >= 4 is 0 Å². The summed E-state index contributed by atoms with van der Waals surface area (Å²) in [5, 5.41) is 5.26. The molecule has 0 amide bonds. The van der Waals surface area contributed by atoms with Crippen molar-refractivity contribution in [2.24, 2.45) is 5.84 Å². The molecule has 2 aliphatic heterocycles. The predicted octanol–water partition coefficient (Wildman–Crippen LogP) is 0.281. The Morgan fingerprint density at radius 2 is 1.88 bits per heavy atom. The smallest absolute Gasteiger partial charge is 0.0386 e. The number of fused-ring (bicyclic) bond motifs is 1. The summed E-state index contributed by atoms with van der Waals surface area (Å²) >= 11 is 0. The molecule has 0 saturated carbocycles. The number of hydrogen-bond acceptors (Lipinski definition) is 4. The topological polar surface area (TPSA) is 44.5 Å². The molecule has 4 heteroatoms.